The number of ether oxygens (including phenoxy) is 5. The lowest BCUT2D eigenvalue weighted by Gasteiger charge is -2.38. The van der Waals surface area contributed by atoms with Crippen LogP contribution in [0.2, 0.25) is 0 Å². The maximum atomic E-state index is 15.2. The molecule has 0 N–H and O–H groups in total. The maximum Gasteiger partial charge on any atom is 0.411 e. The number of carbonyl (C=O) groups is 2. The molecule has 17 heteroatoms. The van der Waals surface area contributed by atoms with Crippen LogP contribution in [0.3, 0.4) is 0 Å². The second-order valence-corrected chi connectivity index (χ2v) is 21.3. The molecule has 0 atom stereocenters. The van der Waals surface area contributed by atoms with E-state index < -0.39 is 34.7 Å². The van der Waals surface area contributed by atoms with Crippen molar-refractivity contribution in [3.05, 3.63) is 303 Å². The van der Waals surface area contributed by atoms with E-state index in [2.05, 4.69) is 11.1 Å². The normalized spacial score (nSPS) is 11.3. The van der Waals surface area contributed by atoms with Crippen LogP contribution >= 0.6 is 0 Å². The van der Waals surface area contributed by atoms with Crippen LogP contribution in [0.25, 0.3) is 22.3 Å². The lowest BCUT2D eigenvalue weighted by Crippen LogP contribution is -2.54. The first-order valence-corrected chi connectivity index (χ1v) is 28.6. The summed E-state index contributed by atoms with van der Waals surface area (Å²) in [6.07, 6.45) is -10.2. The number of aryl methyl sites for hydroxylation is 3. The summed E-state index contributed by atoms with van der Waals surface area (Å²) in [5.74, 6) is 0.463. The number of benzene rings is 10. The van der Waals surface area contributed by atoms with E-state index >= 15 is 26.3 Å². The molecule has 456 valence electrons. The molecule has 11 rings (SSSR count). The van der Waals surface area contributed by atoms with E-state index in [0.29, 0.717) is 86.0 Å². The van der Waals surface area contributed by atoms with Gasteiger partial charge in [0.25, 0.3) is 0 Å². The summed E-state index contributed by atoms with van der Waals surface area (Å²) in [6, 6.07) is 62.9. The predicted molar refractivity (Wildman–Crippen MR) is 335 cm³/mol. The van der Waals surface area contributed by atoms with Crippen LogP contribution in [0.15, 0.2) is 237 Å². The molecule has 0 aliphatic rings. The number of halogens is 6. The number of nitrogens with zero attached hydrogens (tertiary/aromatic N) is 4. The molecule has 0 unspecified atom stereocenters. The highest BCUT2D eigenvalue weighted by atomic mass is 19.4. The monoisotopic (exact) mass is 1240 g/mol. The zero-order valence-electron chi connectivity index (χ0n) is 49.4. The SMILES string of the molecule is Cc1ccc(-c2ccc(-c3cccc(Oc4ccc(Oc5cccc(Oc6ccc(C(c7ccc(Oc8cccc(C)c8C#N)cc7)(C(F)(F)F)C(F)(F)F)cc6)c5C#N)c(C)c4)c3C#N)c(C(=O)c3ccc(Oc4ccccn4)cc3)c2)c(C(=O)c2ccccc2)c1. The third-order valence-electron chi connectivity index (χ3n) is 15.4. The fourth-order valence-corrected chi connectivity index (χ4v) is 10.8. The van der Waals surface area contributed by atoms with E-state index in [4.69, 9.17) is 23.7 Å². The fraction of sp³-hybridized carbons (Fsp3) is 0.0789. The van der Waals surface area contributed by atoms with Crippen molar-refractivity contribution < 1.29 is 59.6 Å². The Kier molecular flexibility index (Phi) is 17.5. The van der Waals surface area contributed by atoms with E-state index in [-0.39, 0.29) is 74.0 Å². The van der Waals surface area contributed by atoms with Gasteiger partial charge < -0.3 is 23.7 Å². The van der Waals surface area contributed by atoms with Crippen molar-refractivity contribution >= 4 is 11.6 Å². The van der Waals surface area contributed by atoms with Crippen LogP contribution in [-0.4, -0.2) is 28.9 Å². The Morgan fingerprint density at radius 3 is 1.46 bits per heavy atom. The second kappa shape index (κ2) is 26.1. The molecular formula is C76H48F6N4O7. The molecule has 11 aromatic rings. The van der Waals surface area contributed by atoms with Gasteiger partial charge in [-0.05, 0) is 169 Å². The van der Waals surface area contributed by atoms with Gasteiger partial charge in [-0.15, -0.1) is 0 Å². The largest absolute Gasteiger partial charge is 0.456 e. The molecule has 1 heterocycles. The molecule has 1 aromatic heterocycles. The number of ketones is 2. The van der Waals surface area contributed by atoms with Crippen molar-refractivity contribution in [1.82, 2.24) is 4.98 Å². The fourth-order valence-electron chi connectivity index (χ4n) is 10.8. The summed E-state index contributed by atoms with van der Waals surface area (Å²) in [6.45, 7) is 5.23. The van der Waals surface area contributed by atoms with E-state index in [9.17, 15) is 25.4 Å². The molecule has 0 amide bonds. The number of pyridine rings is 1. The lowest BCUT2D eigenvalue weighted by molar-refractivity contribution is -0.288. The quantitative estimate of drug-likeness (QED) is 0.0593. The predicted octanol–water partition coefficient (Wildman–Crippen LogP) is 19.8. The summed E-state index contributed by atoms with van der Waals surface area (Å²) >= 11 is 0. The topological polar surface area (TPSA) is 165 Å². The first-order chi connectivity index (χ1) is 44.8. The second-order valence-electron chi connectivity index (χ2n) is 21.3. The van der Waals surface area contributed by atoms with E-state index in [1.54, 1.807) is 154 Å². The number of alkyl halides is 6. The third-order valence-corrected chi connectivity index (χ3v) is 15.4. The molecule has 0 saturated carbocycles. The maximum absolute atomic E-state index is 15.2. The molecule has 0 aliphatic carbocycles. The molecule has 0 fully saturated rings. The van der Waals surface area contributed by atoms with Gasteiger partial charge in [-0.3, -0.25) is 9.59 Å². The molecule has 0 saturated heterocycles. The Hall–Kier alpha value is -12.3. The molecule has 0 radical (unpaired) electrons. The van der Waals surface area contributed by atoms with E-state index in [0.717, 1.165) is 29.8 Å². The highest BCUT2D eigenvalue weighted by Crippen LogP contribution is 2.57. The van der Waals surface area contributed by atoms with Crippen LogP contribution in [0, 0.1) is 54.8 Å². The summed E-state index contributed by atoms with van der Waals surface area (Å²) in [7, 11) is 0. The molecule has 0 aliphatic heterocycles. The molecule has 0 bridgehead atoms. The highest BCUT2D eigenvalue weighted by Gasteiger charge is 2.72. The lowest BCUT2D eigenvalue weighted by atomic mass is 9.73. The van der Waals surface area contributed by atoms with Gasteiger partial charge in [0.1, 0.15) is 81.1 Å². The van der Waals surface area contributed by atoms with Gasteiger partial charge in [-0.25, -0.2) is 4.98 Å². The van der Waals surface area contributed by atoms with Crippen LogP contribution in [0.1, 0.15) is 76.4 Å². The van der Waals surface area contributed by atoms with Gasteiger partial charge in [0, 0.05) is 40.1 Å². The standard InChI is InChI=1S/C76H48F6N4O7/c1-46-21-36-58(61(40-46)72(87)49-13-5-4-6-14-49)51-24-37-60(62(42-51)73(88)50-22-29-56(30-23-50)92-71-20-7-8-39-86-71)59-15-10-17-68(64(59)44-84)91-57-35-38-66(48(3)41-57)93-70-19-11-18-69(65(70)45-85)90-55-33-27-53(28-34-55)74(75(77,78)79,76(80,81)82)52-25-31-54(32-26-52)89-67-16-9-12-47(2)63(67)43-83/h4-42H,1-3H3. The van der Waals surface area contributed by atoms with Crippen molar-refractivity contribution in [2.24, 2.45) is 0 Å². The van der Waals surface area contributed by atoms with Gasteiger partial charge in [0.05, 0.1) is 5.56 Å². The summed E-state index contributed by atoms with van der Waals surface area (Å²) < 4.78 is 121. The van der Waals surface area contributed by atoms with E-state index in [1.165, 1.54) is 24.3 Å². The summed E-state index contributed by atoms with van der Waals surface area (Å²) in [5.41, 5.74) is -1.51. The first-order valence-electron chi connectivity index (χ1n) is 28.6. The van der Waals surface area contributed by atoms with Crippen LogP contribution in [0.4, 0.5) is 26.3 Å². The molecular weight excluding hydrogens is 1190 g/mol. The summed E-state index contributed by atoms with van der Waals surface area (Å²) in [5, 5.41) is 30.9. The van der Waals surface area contributed by atoms with Crippen LogP contribution in [0.5, 0.6) is 57.6 Å². The molecule has 93 heavy (non-hydrogen) atoms. The number of carbonyl (C=O) groups excluding carboxylic acids is 2. The average molecular weight is 1240 g/mol. The minimum Gasteiger partial charge on any atom is -0.456 e. The van der Waals surface area contributed by atoms with E-state index in [1.807, 2.05) is 43.3 Å². The van der Waals surface area contributed by atoms with Gasteiger partial charge in [-0.2, -0.15) is 42.1 Å². The van der Waals surface area contributed by atoms with Crippen molar-refractivity contribution in [2.45, 2.75) is 38.5 Å². The van der Waals surface area contributed by atoms with Crippen LogP contribution in [-0.2, 0) is 5.41 Å². The molecule has 10 aromatic carbocycles. The number of hydrogen-bond acceptors (Lipinski definition) is 11. The Bertz CT molecular complexity index is 4770. The van der Waals surface area contributed by atoms with Crippen molar-refractivity contribution in [3.8, 4) is 98.1 Å². The zero-order valence-corrected chi connectivity index (χ0v) is 49.4. The van der Waals surface area contributed by atoms with Gasteiger partial charge >= 0.3 is 12.4 Å². The minimum atomic E-state index is -5.91. The molecule has 11 nitrogen and oxygen atoms in total. The van der Waals surface area contributed by atoms with Gasteiger partial charge in [-0.1, -0.05) is 121 Å². The Morgan fingerprint density at radius 2 is 0.882 bits per heavy atom. The van der Waals surface area contributed by atoms with Crippen molar-refractivity contribution in [1.29, 1.82) is 15.8 Å². The Morgan fingerprint density at radius 1 is 0.387 bits per heavy atom. The Balaban J connectivity index is 0.855. The summed E-state index contributed by atoms with van der Waals surface area (Å²) in [4.78, 5) is 33.3. The number of hydrogen-bond donors (Lipinski definition) is 0. The highest BCUT2D eigenvalue weighted by molar-refractivity contribution is 6.16. The van der Waals surface area contributed by atoms with Crippen LogP contribution < -0.4 is 23.7 Å². The number of rotatable bonds is 18. The smallest absolute Gasteiger partial charge is 0.411 e. The minimum absolute atomic E-state index is 0.0128. The van der Waals surface area contributed by atoms with Crippen molar-refractivity contribution in [2.75, 3.05) is 0 Å². The Labute approximate surface area is 529 Å². The number of nitriles is 3. The van der Waals surface area contributed by atoms with Gasteiger partial charge in [0.15, 0.2) is 11.6 Å². The third kappa shape index (κ3) is 12.7. The zero-order chi connectivity index (χ0) is 65.6. The molecule has 0 spiro atoms. The first kappa shape index (κ1) is 62.4. The van der Waals surface area contributed by atoms with Crippen molar-refractivity contribution in [3.63, 3.8) is 0 Å². The average Bonchev–Trinajstić information content (AvgIpc) is 0.720. The van der Waals surface area contributed by atoms with Gasteiger partial charge in [0.2, 0.25) is 11.3 Å². The number of aromatic nitrogens is 1.